The first kappa shape index (κ1) is 14.3. The number of nitrogens with one attached hydrogen (secondary N) is 1. The summed E-state index contributed by atoms with van der Waals surface area (Å²) in [5.41, 5.74) is 6.08. The van der Waals surface area contributed by atoms with Crippen molar-refractivity contribution in [2.24, 2.45) is 4.99 Å². The Morgan fingerprint density at radius 1 is 1.05 bits per heavy atom. The van der Waals surface area contributed by atoms with Gasteiger partial charge in [-0.15, -0.1) is 0 Å². The molecule has 1 aliphatic rings. The molecule has 0 aliphatic heterocycles. The van der Waals surface area contributed by atoms with Crippen LogP contribution in [0.5, 0.6) is 0 Å². The summed E-state index contributed by atoms with van der Waals surface area (Å²) in [5, 5.41) is 4.00. The number of benzene rings is 2. The van der Waals surface area contributed by atoms with Crippen molar-refractivity contribution in [2.45, 2.75) is 12.8 Å². The molecule has 2 aromatic rings. The van der Waals surface area contributed by atoms with Gasteiger partial charge in [-0.05, 0) is 37.1 Å². The molecule has 3 heteroatoms. The van der Waals surface area contributed by atoms with Crippen LogP contribution in [-0.2, 0) is 12.8 Å². The fraction of sp³-hybridized carbons (Fsp3) is 0.278. The largest absolute Gasteiger partial charge is 0.318 e. The Kier molecular flexibility index (Phi) is 4.37. The van der Waals surface area contributed by atoms with Gasteiger partial charge in [0.2, 0.25) is 0 Å². The van der Waals surface area contributed by atoms with Gasteiger partial charge in [-0.2, -0.15) is 0 Å². The Labute approximate surface area is 130 Å². The highest BCUT2D eigenvalue weighted by Gasteiger charge is 2.20. The van der Waals surface area contributed by atoms with E-state index in [4.69, 9.17) is 16.6 Å². The van der Waals surface area contributed by atoms with Gasteiger partial charge < -0.3 is 5.32 Å². The minimum Gasteiger partial charge on any atom is -0.318 e. The molecular formula is C18H19ClN2. The van der Waals surface area contributed by atoms with Crippen LogP contribution in [-0.4, -0.2) is 25.8 Å². The molecule has 2 aromatic carbocycles. The highest BCUT2D eigenvalue weighted by Crippen LogP contribution is 2.29. The number of hydrogen-bond acceptors (Lipinski definition) is 2. The van der Waals surface area contributed by atoms with Crippen LogP contribution in [0.4, 0.5) is 0 Å². The SMILES string of the molecule is CNCCN=C1c2ccccc2CCc2c(Cl)cccc21. The van der Waals surface area contributed by atoms with Crippen molar-refractivity contribution in [3.05, 3.63) is 69.7 Å². The van der Waals surface area contributed by atoms with E-state index < -0.39 is 0 Å². The smallest absolute Gasteiger partial charge is 0.0725 e. The Bertz CT molecular complexity index is 677. The van der Waals surface area contributed by atoms with Gasteiger partial charge in [0.25, 0.3) is 0 Å². The lowest BCUT2D eigenvalue weighted by atomic mass is 9.98. The highest BCUT2D eigenvalue weighted by atomic mass is 35.5. The van der Waals surface area contributed by atoms with E-state index in [0.717, 1.165) is 36.7 Å². The van der Waals surface area contributed by atoms with Crippen molar-refractivity contribution < 1.29 is 0 Å². The second-order valence-corrected chi connectivity index (χ2v) is 5.66. The molecule has 2 nitrogen and oxygen atoms in total. The molecule has 1 N–H and O–H groups in total. The zero-order valence-corrected chi connectivity index (χ0v) is 13.0. The molecule has 0 radical (unpaired) electrons. The van der Waals surface area contributed by atoms with Crippen LogP contribution in [0.15, 0.2) is 47.5 Å². The molecule has 0 saturated carbocycles. The van der Waals surface area contributed by atoms with E-state index in [9.17, 15) is 0 Å². The molecule has 0 aromatic heterocycles. The van der Waals surface area contributed by atoms with Gasteiger partial charge in [0, 0.05) is 22.7 Å². The van der Waals surface area contributed by atoms with E-state index in [0.29, 0.717) is 0 Å². The zero-order chi connectivity index (χ0) is 14.7. The van der Waals surface area contributed by atoms with Crippen molar-refractivity contribution in [3.63, 3.8) is 0 Å². The van der Waals surface area contributed by atoms with Crippen LogP contribution >= 0.6 is 11.6 Å². The zero-order valence-electron chi connectivity index (χ0n) is 12.2. The summed E-state index contributed by atoms with van der Waals surface area (Å²) in [6.45, 7) is 1.65. The monoisotopic (exact) mass is 298 g/mol. The number of hydrogen-bond donors (Lipinski definition) is 1. The van der Waals surface area contributed by atoms with Gasteiger partial charge in [-0.25, -0.2) is 0 Å². The van der Waals surface area contributed by atoms with Crippen LogP contribution in [0.25, 0.3) is 0 Å². The molecule has 0 amide bonds. The first-order valence-corrected chi connectivity index (χ1v) is 7.74. The number of aryl methyl sites for hydroxylation is 1. The topological polar surface area (TPSA) is 24.4 Å². The van der Waals surface area contributed by atoms with Crippen molar-refractivity contribution in [1.29, 1.82) is 0 Å². The maximum Gasteiger partial charge on any atom is 0.0725 e. The summed E-state index contributed by atoms with van der Waals surface area (Å²) in [5.74, 6) is 0. The number of halogens is 1. The first-order valence-electron chi connectivity index (χ1n) is 7.36. The minimum absolute atomic E-state index is 0.770. The quantitative estimate of drug-likeness (QED) is 0.862. The fourth-order valence-electron chi connectivity index (χ4n) is 2.86. The summed E-state index contributed by atoms with van der Waals surface area (Å²) in [7, 11) is 1.95. The van der Waals surface area contributed by atoms with Crippen LogP contribution in [0.1, 0.15) is 22.3 Å². The standard InChI is InChI=1S/C18H19ClN2/c1-20-11-12-21-18-14-6-3-2-5-13(14)9-10-15-16(18)7-4-8-17(15)19/h2-8,20H,9-12H2,1H3. The molecule has 0 spiro atoms. The number of nitrogens with zero attached hydrogens (tertiary/aromatic N) is 1. The van der Waals surface area contributed by atoms with E-state index in [-0.39, 0.29) is 0 Å². The molecule has 0 unspecified atom stereocenters. The summed E-state index contributed by atoms with van der Waals surface area (Å²) in [6, 6.07) is 14.7. The molecule has 1 aliphatic carbocycles. The predicted octanol–water partition coefficient (Wildman–Crippen LogP) is 3.50. The summed E-state index contributed by atoms with van der Waals surface area (Å²) < 4.78 is 0. The van der Waals surface area contributed by atoms with Gasteiger partial charge in [0.05, 0.1) is 12.3 Å². The molecule has 108 valence electrons. The lowest BCUT2D eigenvalue weighted by molar-refractivity contribution is 0.803. The Morgan fingerprint density at radius 2 is 1.86 bits per heavy atom. The second kappa shape index (κ2) is 6.42. The average molecular weight is 299 g/mol. The molecule has 3 rings (SSSR count). The van der Waals surface area contributed by atoms with E-state index in [1.54, 1.807) is 0 Å². The highest BCUT2D eigenvalue weighted by molar-refractivity contribution is 6.32. The average Bonchev–Trinajstić information content (AvgIpc) is 2.66. The fourth-order valence-corrected chi connectivity index (χ4v) is 3.13. The number of likely N-dealkylation sites (N-methyl/N-ethyl adjacent to an activating group) is 1. The maximum absolute atomic E-state index is 6.42. The van der Waals surface area contributed by atoms with Gasteiger partial charge >= 0.3 is 0 Å². The number of fused-ring (bicyclic) bond motifs is 2. The van der Waals surface area contributed by atoms with E-state index in [1.807, 2.05) is 19.2 Å². The number of aliphatic imine (C=N–C) groups is 1. The lowest BCUT2D eigenvalue weighted by Gasteiger charge is -2.11. The van der Waals surface area contributed by atoms with Crippen LogP contribution < -0.4 is 5.32 Å². The Hall–Kier alpha value is -1.64. The van der Waals surface area contributed by atoms with Crippen LogP contribution in [0.2, 0.25) is 5.02 Å². The van der Waals surface area contributed by atoms with E-state index in [1.165, 1.54) is 22.3 Å². The minimum atomic E-state index is 0.770. The van der Waals surface area contributed by atoms with E-state index >= 15 is 0 Å². The van der Waals surface area contributed by atoms with Crippen molar-refractivity contribution in [2.75, 3.05) is 20.1 Å². The van der Waals surface area contributed by atoms with Crippen molar-refractivity contribution in [3.8, 4) is 0 Å². The van der Waals surface area contributed by atoms with Gasteiger partial charge in [-0.3, -0.25) is 4.99 Å². The third-order valence-corrected chi connectivity index (χ3v) is 4.28. The Balaban J connectivity index is 2.15. The predicted molar refractivity (Wildman–Crippen MR) is 89.7 cm³/mol. The molecule has 0 bridgehead atoms. The van der Waals surface area contributed by atoms with Gasteiger partial charge in [-0.1, -0.05) is 48.0 Å². The summed E-state index contributed by atoms with van der Waals surface area (Å²) in [6.07, 6.45) is 1.98. The number of rotatable bonds is 3. The van der Waals surface area contributed by atoms with Crippen LogP contribution in [0.3, 0.4) is 0 Å². The molecule has 0 saturated heterocycles. The molecule has 0 atom stereocenters. The lowest BCUT2D eigenvalue weighted by Crippen LogP contribution is -2.14. The van der Waals surface area contributed by atoms with Crippen molar-refractivity contribution in [1.82, 2.24) is 5.32 Å². The molecule has 0 heterocycles. The Morgan fingerprint density at radius 3 is 2.71 bits per heavy atom. The third kappa shape index (κ3) is 2.87. The van der Waals surface area contributed by atoms with Gasteiger partial charge in [0.1, 0.15) is 0 Å². The maximum atomic E-state index is 6.42. The third-order valence-electron chi connectivity index (χ3n) is 3.92. The summed E-state index contributed by atoms with van der Waals surface area (Å²) in [4.78, 5) is 4.85. The van der Waals surface area contributed by atoms with E-state index in [2.05, 4.69) is 35.6 Å². The molecule has 21 heavy (non-hydrogen) atoms. The normalized spacial score (nSPS) is 15.4. The van der Waals surface area contributed by atoms with Crippen LogP contribution in [0, 0.1) is 0 Å². The first-order chi connectivity index (χ1) is 10.3. The molecule has 0 fully saturated rings. The van der Waals surface area contributed by atoms with Gasteiger partial charge in [0.15, 0.2) is 0 Å². The van der Waals surface area contributed by atoms with Crippen molar-refractivity contribution >= 4 is 17.3 Å². The second-order valence-electron chi connectivity index (χ2n) is 5.26. The summed E-state index contributed by atoms with van der Waals surface area (Å²) >= 11 is 6.42. The molecular weight excluding hydrogens is 280 g/mol.